The molecular weight excluding hydrogens is 314 g/mol. The minimum absolute atomic E-state index is 0.152. The summed E-state index contributed by atoms with van der Waals surface area (Å²) in [6, 6.07) is -0.170. The average Bonchev–Trinajstić information content (AvgIpc) is 2.57. The van der Waals surface area contributed by atoms with Gasteiger partial charge in [0.05, 0.1) is 16.8 Å². The topological polar surface area (TPSA) is 55.8 Å². The Morgan fingerprint density at radius 3 is 2.79 bits per heavy atom. The number of amides is 1. The second kappa shape index (κ2) is 4.11. The van der Waals surface area contributed by atoms with Crippen LogP contribution in [0.25, 0.3) is 0 Å². The van der Waals surface area contributed by atoms with Crippen molar-refractivity contribution in [2.75, 3.05) is 6.54 Å². The molecule has 0 radical (unpaired) electrons. The van der Waals surface area contributed by atoms with Crippen LogP contribution >= 0.6 is 15.9 Å². The van der Waals surface area contributed by atoms with E-state index in [0.717, 1.165) is 6.42 Å². The molecule has 0 aromatic heterocycles. The van der Waals surface area contributed by atoms with Crippen molar-refractivity contribution in [3.8, 4) is 0 Å². The number of esters is 1. The Morgan fingerprint density at radius 2 is 2.16 bits per heavy atom. The van der Waals surface area contributed by atoms with Crippen molar-refractivity contribution in [3.63, 3.8) is 0 Å². The Morgan fingerprint density at radius 1 is 1.47 bits per heavy atom. The van der Waals surface area contributed by atoms with Crippen molar-refractivity contribution < 1.29 is 19.1 Å². The van der Waals surface area contributed by atoms with E-state index in [1.165, 1.54) is 0 Å². The molecule has 3 heterocycles. The molecule has 0 N–H and O–H groups in total. The molecule has 4 aliphatic rings. The fraction of sp³-hybridized carbons (Fsp3) is 0.846. The van der Waals surface area contributed by atoms with Crippen molar-refractivity contribution in [2.24, 2.45) is 11.8 Å². The maximum Gasteiger partial charge on any atom is 0.410 e. The lowest BCUT2D eigenvalue weighted by Gasteiger charge is -2.49. The van der Waals surface area contributed by atoms with Crippen molar-refractivity contribution in [2.45, 2.75) is 49.8 Å². The normalized spacial score (nSPS) is 40.3. The van der Waals surface area contributed by atoms with Gasteiger partial charge in [0.1, 0.15) is 11.7 Å². The van der Waals surface area contributed by atoms with Crippen LogP contribution in [0.1, 0.15) is 27.2 Å². The van der Waals surface area contributed by atoms with Gasteiger partial charge >= 0.3 is 12.1 Å². The maximum absolute atomic E-state index is 12.3. The fourth-order valence-electron chi connectivity index (χ4n) is 3.33. The Kier molecular flexibility index (Phi) is 2.86. The smallest absolute Gasteiger partial charge is 0.410 e. The first-order valence-corrected chi connectivity index (χ1v) is 7.54. The van der Waals surface area contributed by atoms with E-state index in [-0.39, 0.29) is 40.9 Å². The van der Waals surface area contributed by atoms with E-state index >= 15 is 0 Å². The molecule has 4 fully saturated rings. The van der Waals surface area contributed by atoms with Crippen molar-refractivity contribution in [1.82, 2.24) is 4.90 Å². The number of halogens is 1. The van der Waals surface area contributed by atoms with E-state index in [1.807, 2.05) is 20.8 Å². The van der Waals surface area contributed by atoms with Crippen molar-refractivity contribution in [3.05, 3.63) is 0 Å². The highest BCUT2D eigenvalue weighted by molar-refractivity contribution is 9.09. The molecule has 1 saturated carbocycles. The highest BCUT2D eigenvalue weighted by Gasteiger charge is 2.62. The van der Waals surface area contributed by atoms with Crippen LogP contribution in [0.3, 0.4) is 0 Å². The van der Waals surface area contributed by atoms with Gasteiger partial charge in [0.2, 0.25) is 0 Å². The molecule has 0 aromatic carbocycles. The second-order valence-corrected chi connectivity index (χ2v) is 7.63. The number of carbonyl (C=O) groups excluding carboxylic acids is 2. The molecule has 1 amide bonds. The van der Waals surface area contributed by atoms with E-state index in [0.29, 0.717) is 6.54 Å². The summed E-state index contributed by atoms with van der Waals surface area (Å²) >= 11 is 3.61. The number of hydrogen-bond donors (Lipinski definition) is 0. The quantitative estimate of drug-likeness (QED) is 0.502. The summed E-state index contributed by atoms with van der Waals surface area (Å²) in [6.45, 7) is 6.17. The van der Waals surface area contributed by atoms with Gasteiger partial charge in [-0.2, -0.15) is 0 Å². The Balaban J connectivity index is 1.83. The highest BCUT2D eigenvalue weighted by Crippen LogP contribution is 2.48. The van der Waals surface area contributed by atoms with Crippen LogP contribution in [0.4, 0.5) is 4.79 Å². The SMILES string of the molecule is CC(C)(C)OC(=O)N1CC2CC3C(=O)OC(C2Br)C31. The number of carbonyl (C=O) groups is 2. The minimum Gasteiger partial charge on any atom is -0.459 e. The van der Waals surface area contributed by atoms with E-state index in [9.17, 15) is 9.59 Å². The summed E-state index contributed by atoms with van der Waals surface area (Å²) in [5, 5.41) is 0. The van der Waals surface area contributed by atoms with Gasteiger partial charge in [-0.3, -0.25) is 4.79 Å². The molecule has 3 saturated heterocycles. The van der Waals surface area contributed by atoms with Crippen molar-refractivity contribution in [1.29, 1.82) is 0 Å². The zero-order valence-corrected chi connectivity index (χ0v) is 12.8. The molecule has 6 heteroatoms. The van der Waals surface area contributed by atoms with E-state index in [1.54, 1.807) is 4.90 Å². The largest absolute Gasteiger partial charge is 0.459 e. The third kappa shape index (κ3) is 2.04. The van der Waals surface area contributed by atoms with Gasteiger partial charge in [-0.1, -0.05) is 15.9 Å². The van der Waals surface area contributed by atoms with Crippen LogP contribution in [0.2, 0.25) is 0 Å². The third-order valence-corrected chi connectivity index (χ3v) is 5.31. The zero-order valence-electron chi connectivity index (χ0n) is 11.3. The Bertz CT molecular complexity index is 433. The number of hydrogen-bond acceptors (Lipinski definition) is 4. The van der Waals surface area contributed by atoms with Crippen molar-refractivity contribution >= 4 is 28.0 Å². The van der Waals surface area contributed by atoms with Gasteiger partial charge in [0.25, 0.3) is 0 Å². The zero-order chi connectivity index (χ0) is 13.9. The lowest BCUT2D eigenvalue weighted by molar-refractivity contribution is -0.143. The van der Waals surface area contributed by atoms with Gasteiger partial charge < -0.3 is 14.4 Å². The predicted molar refractivity (Wildman–Crippen MR) is 70.9 cm³/mol. The number of ether oxygens (including phenoxy) is 2. The summed E-state index contributed by atoms with van der Waals surface area (Å²) in [6.07, 6.45) is 0.238. The number of fused-ring (bicyclic) bond motifs is 1. The number of alkyl halides is 1. The average molecular weight is 332 g/mol. The first kappa shape index (κ1) is 13.2. The first-order valence-electron chi connectivity index (χ1n) is 6.62. The molecule has 4 rings (SSSR count). The molecule has 5 nitrogen and oxygen atoms in total. The van der Waals surface area contributed by atoms with Gasteiger partial charge in [-0.15, -0.1) is 0 Å². The van der Waals surface area contributed by atoms with E-state index < -0.39 is 5.60 Å². The monoisotopic (exact) mass is 331 g/mol. The van der Waals surface area contributed by atoms with Gasteiger partial charge in [0.15, 0.2) is 0 Å². The molecule has 1 aliphatic carbocycles. The van der Waals surface area contributed by atoms with Gasteiger partial charge in [0, 0.05) is 6.54 Å². The van der Waals surface area contributed by atoms with E-state index in [4.69, 9.17) is 9.47 Å². The van der Waals surface area contributed by atoms with Crippen LogP contribution in [0, 0.1) is 11.8 Å². The Labute approximate surface area is 120 Å². The molecule has 3 aliphatic heterocycles. The van der Waals surface area contributed by atoms with Crippen LogP contribution in [-0.2, 0) is 14.3 Å². The lowest BCUT2D eigenvalue weighted by Crippen LogP contribution is -2.64. The number of rotatable bonds is 0. The summed E-state index contributed by atoms with van der Waals surface area (Å²) in [7, 11) is 0. The molecule has 19 heavy (non-hydrogen) atoms. The molecule has 5 unspecified atom stereocenters. The standard InChI is InChI=1S/C13H18BrNO4/c1-13(2,3)19-12(17)15-5-6-4-7-9(15)10(8(6)14)18-11(7)16/h6-10H,4-5H2,1-3H3. The second-order valence-electron chi connectivity index (χ2n) is 6.57. The van der Waals surface area contributed by atoms with E-state index in [2.05, 4.69) is 15.9 Å². The molecule has 5 atom stereocenters. The summed E-state index contributed by atoms with van der Waals surface area (Å²) < 4.78 is 10.8. The van der Waals surface area contributed by atoms with Crippen LogP contribution in [0.5, 0.6) is 0 Å². The number of piperidine rings is 2. The van der Waals surface area contributed by atoms with Gasteiger partial charge in [-0.25, -0.2) is 4.79 Å². The summed E-state index contributed by atoms with van der Waals surface area (Å²) in [5.41, 5.74) is -0.522. The predicted octanol–water partition coefficient (Wildman–Crippen LogP) is 1.93. The molecule has 0 spiro atoms. The summed E-state index contributed by atoms with van der Waals surface area (Å²) in [5.74, 6) is -0.0840. The molecular formula is C13H18BrNO4. The molecule has 4 bridgehead atoms. The molecule has 0 aromatic rings. The first-order chi connectivity index (χ1) is 8.78. The van der Waals surface area contributed by atoms with Crippen LogP contribution < -0.4 is 0 Å². The Hall–Kier alpha value is -0.780. The van der Waals surface area contributed by atoms with Gasteiger partial charge in [-0.05, 0) is 33.1 Å². The van der Waals surface area contributed by atoms with Crippen LogP contribution in [0.15, 0.2) is 0 Å². The molecule has 106 valence electrons. The highest BCUT2D eigenvalue weighted by atomic mass is 79.9. The summed E-state index contributed by atoms with van der Waals surface area (Å²) in [4.78, 5) is 25.9. The third-order valence-electron chi connectivity index (χ3n) is 4.04. The maximum atomic E-state index is 12.3. The fourth-order valence-corrected chi connectivity index (χ4v) is 4.14. The minimum atomic E-state index is -0.522. The number of nitrogens with zero attached hydrogens (tertiary/aromatic N) is 1. The lowest BCUT2D eigenvalue weighted by atomic mass is 9.73. The van der Waals surface area contributed by atoms with Crippen LogP contribution in [-0.4, -0.2) is 46.1 Å².